The van der Waals surface area contributed by atoms with Gasteiger partial charge in [0.15, 0.2) is 0 Å². The van der Waals surface area contributed by atoms with Crippen LogP contribution >= 0.6 is 0 Å². The van der Waals surface area contributed by atoms with Crippen LogP contribution in [-0.2, 0) is 6.42 Å². The standard InChI is InChI=1S/C11H15F3N2/c1-2-5-16-10(11(12,13)14)8-9-3-6-15-7-4-9/h3-4,6-7,10,16H,2,5,8H2,1H3. The molecule has 5 heteroatoms. The summed E-state index contributed by atoms with van der Waals surface area (Å²) < 4.78 is 38.0. The molecule has 90 valence electrons. The molecule has 1 heterocycles. The van der Waals surface area contributed by atoms with Crippen LogP contribution in [0.1, 0.15) is 18.9 Å². The Morgan fingerprint density at radius 2 is 1.94 bits per heavy atom. The molecule has 0 spiro atoms. The van der Waals surface area contributed by atoms with Crippen molar-refractivity contribution < 1.29 is 13.2 Å². The second-order valence-electron chi connectivity index (χ2n) is 3.61. The fraction of sp³-hybridized carbons (Fsp3) is 0.545. The van der Waals surface area contributed by atoms with Crippen LogP contribution in [-0.4, -0.2) is 23.7 Å². The normalized spacial score (nSPS) is 13.8. The van der Waals surface area contributed by atoms with Crippen molar-refractivity contribution in [3.8, 4) is 0 Å². The van der Waals surface area contributed by atoms with Crippen LogP contribution in [0.25, 0.3) is 0 Å². The number of halogens is 3. The van der Waals surface area contributed by atoms with Gasteiger partial charge in [-0.2, -0.15) is 13.2 Å². The predicted molar refractivity (Wildman–Crippen MR) is 56.1 cm³/mol. The first-order valence-electron chi connectivity index (χ1n) is 5.23. The van der Waals surface area contributed by atoms with Gasteiger partial charge >= 0.3 is 6.18 Å². The molecule has 1 atom stereocenters. The third kappa shape index (κ3) is 4.18. The van der Waals surface area contributed by atoms with Crippen LogP contribution in [0.15, 0.2) is 24.5 Å². The Morgan fingerprint density at radius 1 is 1.31 bits per heavy atom. The molecule has 1 unspecified atom stereocenters. The number of nitrogens with one attached hydrogen (secondary N) is 1. The molecule has 0 aromatic carbocycles. The fourth-order valence-corrected chi connectivity index (χ4v) is 1.38. The minimum absolute atomic E-state index is 0.0496. The van der Waals surface area contributed by atoms with Gasteiger partial charge in [-0.1, -0.05) is 6.92 Å². The summed E-state index contributed by atoms with van der Waals surface area (Å²) >= 11 is 0. The van der Waals surface area contributed by atoms with Crippen molar-refractivity contribution in [2.75, 3.05) is 6.54 Å². The van der Waals surface area contributed by atoms with Gasteiger partial charge in [0.2, 0.25) is 0 Å². The van der Waals surface area contributed by atoms with Gasteiger partial charge in [0.1, 0.15) is 6.04 Å². The molecule has 2 nitrogen and oxygen atoms in total. The van der Waals surface area contributed by atoms with E-state index >= 15 is 0 Å². The van der Waals surface area contributed by atoms with Gasteiger partial charge in [-0.25, -0.2) is 0 Å². The summed E-state index contributed by atoms with van der Waals surface area (Å²) in [6.07, 6.45) is -0.571. The van der Waals surface area contributed by atoms with Crippen LogP contribution < -0.4 is 5.32 Å². The Kier molecular flexibility index (Phi) is 4.73. The quantitative estimate of drug-likeness (QED) is 0.843. The fourth-order valence-electron chi connectivity index (χ4n) is 1.38. The second kappa shape index (κ2) is 5.84. The van der Waals surface area contributed by atoms with Crippen LogP contribution in [0.2, 0.25) is 0 Å². The maximum atomic E-state index is 12.7. The van der Waals surface area contributed by atoms with E-state index in [9.17, 15) is 13.2 Å². The molecule has 0 amide bonds. The molecule has 0 saturated carbocycles. The number of pyridine rings is 1. The van der Waals surface area contributed by atoms with Crippen LogP contribution in [0.5, 0.6) is 0 Å². The van der Waals surface area contributed by atoms with E-state index in [4.69, 9.17) is 0 Å². The number of hydrogen-bond donors (Lipinski definition) is 1. The zero-order valence-electron chi connectivity index (χ0n) is 9.09. The highest BCUT2D eigenvalue weighted by molar-refractivity contribution is 5.12. The highest BCUT2D eigenvalue weighted by Gasteiger charge is 2.38. The molecule has 0 saturated heterocycles. The first kappa shape index (κ1) is 13.0. The molecular formula is C11H15F3N2. The van der Waals surface area contributed by atoms with Crippen molar-refractivity contribution in [1.29, 1.82) is 0 Å². The molecule has 1 rings (SSSR count). The monoisotopic (exact) mass is 232 g/mol. The van der Waals surface area contributed by atoms with Crippen molar-refractivity contribution in [3.63, 3.8) is 0 Å². The number of nitrogens with zero attached hydrogens (tertiary/aromatic N) is 1. The zero-order chi connectivity index (χ0) is 12.0. The highest BCUT2D eigenvalue weighted by atomic mass is 19.4. The van der Waals surface area contributed by atoms with Gasteiger partial charge in [0.05, 0.1) is 0 Å². The maximum absolute atomic E-state index is 12.7. The first-order valence-corrected chi connectivity index (χ1v) is 5.23. The largest absolute Gasteiger partial charge is 0.404 e. The van der Waals surface area contributed by atoms with Crippen molar-refractivity contribution >= 4 is 0 Å². The second-order valence-corrected chi connectivity index (χ2v) is 3.61. The Labute approximate surface area is 92.9 Å². The summed E-state index contributed by atoms with van der Waals surface area (Å²) in [5.74, 6) is 0. The zero-order valence-corrected chi connectivity index (χ0v) is 9.09. The van der Waals surface area contributed by atoms with Crippen LogP contribution in [0.3, 0.4) is 0 Å². The number of hydrogen-bond acceptors (Lipinski definition) is 2. The van der Waals surface area contributed by atoms with Crippen molar-refractivity contribution in [3.05, 3.63) is 30.1 Å². The van der Waals surface area contributed by atoms with E-state index in [-0.39, 0.29) is 6.42 Å². The highest BCUT2D eigenvalue weighted by Crippen LogP contribution is 2.23. The lowest BCUT2D eigenvalue weighted by atomic mass is 10.1. The summed E-state index contributed by atoms with van der Waals surface area (Å²) in [5, 5.41) is 2.51. The Balaban J connectivity index is 2.64. The summed E-state index contributed by atoms with van der Waals surface area (Å²) in [4.78, 5) is 3.78. The third-order valence-electron chi connectivity index (χ3n) is 2.23. The van der Waals surface area contributed by atoms with Crippen molar-refractivity contribution in [2.24, 2.45) is 0 Å². The van der Waals surface area contributed by atoms with E-state index in [1.807, 2.05) is 6.92 Å². The Bertz CT molecular complexity index is 298. The molecule has 1 N–H and O–H groups in total. The van der Waals surface area contributed by atoms with E-state index in [0.717, 1.165) is 0 Å². The molecule has 0 aliphatic rings. The molecule has 1 aromatic heterocycles. The SMILES string of the molecule is CCCNC(Cc1ccncc1)C(F)(F)F. The molecular weight excluding hydrogens is 217 g/mol. The molecule has 1 aromatic rings. The van der Waals surface area contributed by atoms with Crippen molar-refractivity contribution in [2.45, 2.75) is 32.0 Å². The van der Waals surface area contributed by atoms with Gasteiger partial charge < -0.3 is 5.32 Å². The molecule has 0 fully saturated rings. The summed E-state index contributed by atoms with van der Waals surface area (Å²) in [6, 6.07) is 1.73. The lowest BCUT2D eigenvalue weighted by molar-refractivity contribution is -0.155. The summed E-state index contributed by atoms with van der Waals surface area (Å²) in [7, 11) is 0. The van der Waals surface area contributed by atoms with Gasteiger partial charge in [0.25, 0.3) is 0 Å². The molecule has 0 aliphatic heterocycles. The average molecular weight is 232 g/mol. The van der Waals surface area contributed by atoms with Gasteiger partial charge in [-0.15, -0.1) is 0 Å². The third-order valence-corrected chi connectivity index (χ3v) is 2.23. The van der Waals surface area contributed by atoms with Gasteiger partial charge in [0, 0.05) is 12.4 Å². The first-order chi connectivity index (χ1) is 7.54. The Hall–Kier alpha value is -1.10. The van der Waals surface area contributed by atoms with E-state index in [2.05, 4.69) is 10.3 Å². The number of aromatic nitrogens is 1. The number of rotatable bonds is 5. The average Bonchev–Trinajstić information content (AvgIpc) is 2.24. The molecule has 0 radical (unpaired) electrons. The lowest BCUT2D eigenvalue weighted by Crippen LogP contribution is -2.44. The minimum Gasteiger partial charge on any atom is -0.306 e. The molecule has 16 heavy (non-hydrogen) atoms. The van der Waals surface area contributed by atoms with Crippen LogP contribution in [0.4, 0.5) is 13.2 Å². The van der Waals surface area contributed by atoms with Gasteiger partial charge in [-0.05, 0) is 37.1 Å². The Morgan fingerprint density at radius 3 is 2.44 bits per heavy atom. The van der Waals surface area contributed by atoms with Crippen LogP contribution in [0, 0.1) is 0 Å². The molecule has 0 aliphatic carbocycles. The van der Waals surface area contributed by atoms with Gasteiger partial charge in [-0.3, -0.25) is 4.98 Å². The smallest absolute Gasteiger partial charge is 0.306 e. The topological polar surface area (TPSA) is 24.9 Å². The minimum atomic E-state index is -4.21. The van der Waals surface area contributed by atoms with E-state index in [1.54, 1.807) is 12.1 Å². The maximum Gasteiger partial charge on any atom is 0.404 e. The number of alkyl halides is 3. The summed E-state index contributed by atoms with van der Waals surface area (Å²) in [6.45, 7) is 2.21. The van der Waals surface area contributed by atoms with E-state index in [1.165, 1.54) is 12.4 Å². The summed E-state index contributed by atoms with van der Waals surface area (Å²) in [5.41, 5.74) is 0.640. The van der Waals surface area contributed by atoms with E-state index in [0.29, 0.717) is 18.5 Å². The van der Waals surface area contributed by atoms with Crippen molar-refractivity contribution in [1.82, 2.24) is 10.3 Å². The van der Waals surface area contributed by atoms with E-state index < -0.39 is 12.2 Å². The molecule has 0 bridgehead atoms. The predicted octanol–water partition coefficient (Wildman–Crippen LogP) is 2.55. The lowest BCUT2D eigenvalue weighted by Gasteiger charge is -2.21.